The molecule has 0 saturated heterocycles. The van der Waals surface area contributed by atoms with E-state index in [0.29, 0.717) is 6.42 Å². The van der Waals surface area contributed by atoms with E-state index in [-0.39, 0.29) is 30.4 Å². The minimum Gasteiger partial charge on any atom is -0.497 e. The number of ether oxygens (including phenoxy) is 1. The number of aromatic nitrogens is 1. The zero-order valence-corrected chi connectivity index (χ0v) is 24.8. The van der Waals surface area contributed by atoms with Crippen LogP contribution in [0, 0.1) is 0 Å². The molecular formula is C35H45N3O3. The van der Waals surface area contributed by atoms with E-state index in [1.165, 1.54) is 44.9 Å². The van der Waals surface area contributed by atoms with Crippen molar-refractivity contribution in [3.8, 4) is 11.4 Å². The van der Waals surface area contributed by atoms with Gasteiger partial charge in [-0.15, -0.1) is 0 Å². The number of rotatable bonds is 15. The van der Waals surface area contributed by atoms with Crippen molar-refractivity contribution in [3.05, 3.63) is 78.1 Å². The van der Waals surface area contributed by atoms with Crippen molar-refractivity contribution >= 4 is 17.5 Å². The van der Waals surface area contributed by atoms with Gasteiger partial charge in [-0.3, -0.25) is 14.5 Å². The average Bonchev–Trinajstić information content (AvgIpc) is 3.73. The van der Waals surface area contributed by atoms with Crippen LogP contribution in [0.3, 0.4) is 0 Å². The average molecular weight is 556 g/mol. The number of unbranched alkanes of at least 4 members (excludes halogenated alkanes) is 8. The molecule has 218 valence electrons. The Kier molecular flexibility index (Phi) is 9.81. The molecule has 2 aromatic carbocycles. The first-order chi connectivity index (χ1) is 20.1. The van der Waals surface area contributed by atoms with E-state index < -0.39 is 0 Å². The third kappa shape index (κ3) is 6.86. The lowest BCUT2D eigenvalue weighted by Gasteiger charge is -2.39. The standard InChI is InChI=1S/C35H45N3O3/c1-3-4-5-6-7-8-9-10-11-18-33(39)37(28-21-22-28)26-34(40)38-31-16-13-12-15-30(31)36-25-14-17-32(36)35(38)27-19-23-29(41-2)24-20-27/h12-17,19-20,23-25,28,35H,3-11,18,21-22,26H2,1-2H3. The number of benzene rings is 2. The van der Waals surface area contributed by atoms with E-state index in [2.05, 4.69) is 29.8 Å². The summed E-state index contributed by atoms with van der Waals surface area (Å²) in [7, 11) is 1.66. The van der Waals surface area contributed by atoms with Gasteiger partial charge in [-0.05, 0) is 61.2 Å². The number of hydrogen-bond donors (Lipinski definition) is 0. The van der Waals surface area contributed by atoms with Crippen LogP contribution in [0.2, 0.25) is 0 Å². The number of amides is 2. The summed E-state index contributed by atoms with van der Waals surface area (Å²) in [6.45, 7) is 2.36. The van der Waals surface area contributed by atoms with E-state index in [1.807, 2.05) is 58.3 Å². The van der Waals surface area contributed by atoms with Gasteiger partial charge >= 0.3 is 0 Å². The van der Waals surface area contributed by atoms with E-state index in [1.54, 1.807) is 7.11 Å². The summed E-state index contributed by atoms with van der Waals surface area (Å²) in [5.41, 5.74) is 3.88. The minimum atomic E-state index is -0.299. The lowest BCUT2D eigenvalue weighted by atomic mass is 9.97. The minimum absolute atomic E-state index is 0.0435. The zero-order valence-electron chi connectivity index (χ0n) is 24.8. The van der Waals surface area contributed by atoms with Gasteiger partial charge < -0.3 is 14.2 Å². The van der Waals surface area contributed by atoms with Gasteiger partial charge in [-0.25, -0.2) is 0 Å². The fourth-order valence-electron chi connectivity index (χ4n) is 6.12. The van der Waals surface area contributed by atoms with Crippen LogP contribution in [0.4, 0.5) is 5.69 Å². The van der Waals surface area contributed by atoms with Crippen molar-refractivity contribution < 1.29 is 14.3 Å². The predicted molar refractivity (Wildman–Crippen MR) is 165 cm³/mol. The largest absolute Gasteiger partial charge is 0.497 e. The number of carbonyl (C=O) groups is 2. The Balaban J connectivity index is 1.29. The molecule has 0 bridgehead atoms. The molecule has 1 fully saturated rings. The molecule has 5 rings (SSSR count). The molecule has 1 aromatic heterocycles. The lowest BCUT2D eigenvalue weighted by molar-refractivity contribution is -0.136. The van der Waals surface area contributed by atoms with Crippen LogP contribution >= 0.6 is 0 Å². The molecule has 0 N–H and O–H groups in total. The predicted octanol–water partition coefficient (Wildman–Crippen LogP) is 7.83. The van der Waals surface area contributed by atoms with Crippen molar-refractivity contribution in [1.82, 2.24) is 9.47 Å². The molecule has 1 atom stereocenters. The molecule has 6 nitrogen and oxygen atoms in total. The van der Waals surface area contributed by atoms with E-state index in [0.717, 1.165) is 54.1 Å². The van der Waals surface area contributed by atoms with Crippen molar-refractivity contribution in [2.75, 3.05) is 18.6 Å². The lowest BCUT2D eigenvalue weighted by Crippen LogP contribution is -2.47. The molecule has 1 unspecified atom stereocenters. The smallest absolute Gasteiger partial charge is 0.247 e. The summed E-state index contributed by atoms with van der Waals surface area (Å²) in [6, 6.07) is 20.0. The molecular weight excluding hydrogens is 510 g/mol. The number of methoxy groups -OCH3 is 1. The maximum atomic E-state index is 14.3. The first-order valence-electron chi connectivity index (χ1n) is 15.6. The molecule has 6 heteroatoms. The van der Waals surface area contributed by atoms with Crippen molar-refractivity contribution in [1.29, 1.82) is 0 Å². The van der Waals surface area contributed by atoms with Gasteiger partial charge in [0.15, 0.2) is 0 Å². The molecule has 41 heavy (non-hydrogen) atoms. The Labute approximate surface area is 245 Å². The molecule has 0 spiro atoms. The topological polar surface area (TPSA) is 54.8 Å². The van der Waals surface area contributed by atoms with E-state index in [9.17, 15) is 9.59 Å². The number of fused-ring (bicyclic) bond motifs is 3. The van der Waals surface area contributed by atoms with Gasteiger partial charge in [0, 0.05) is 18.7 Å². The molecule has 3 aromatic rings. The second kappa shape index (κ2) is 13.9. The second-order valence-electron chi connectivity index (χ2n) is 11.6. The highest BCUT2D eigenvalue weighted by Crippen LogP contribution is 2.43. The normalized spacial score (nSPS) is 15.8. The Morgan fingerprint density at radius 2 is 1.49 bits per heavy atom. The van der Waals surface area contributed by atoms with Gasteiger partial charge in [0.1, 0.15) is 18.3 Å². The van der Waals surface area contributed by atoms with Crippen LogP contribution in [0.25, 0.3) is 5.69 Å². The molecule has 2 amide bonds. The number of anilines is 1. The third-order valence-electron chi connectivity index (χ3n) is 8.53. The van der Waals surface area contributed by atoms with Gasteiger partial charge in [0.2, 0.25) is 11.8 Å². The Bertz CT molecular complexity index is 1290. The fourth-order valence-corrected chi connectivity index (χ4v) is 6.12. The quantitative estimate of drug-likeness (QED) is 0.180. The van der Waals surface area contributed by atoms with Gasteiger partial charge in [-0.1, -0.05) is 82.6 Å². The second-order valence-corrected chi connectivity index (χ2v) is 11.6. The van der Waals surface area contributed by atoms with Gasteiger partial charge in [0.25, 0.3) is 0 Å². The Hall–Kier alpha value is -3.54. The van der Waals surface area contributed by atoms with E-state index in [4.69, 9.17) is 4.74 Å². The molecule has 2 aliphatic rings. The van der Waals surface area contributed by atoms with Crippen molar-refractivity contribution in [3.63, 3.8) is 0 Å². The summed E-state index contributed by atoms with van der Waals surface area (Å²) in [6.07, 6.45) is 15.6. The maximum Gasteiger partial charge on any atom is 0.247 e. The molecule has 1 saturated carbocycles. The number of carbonyl (C=O) groups excluding carboxylic acids is 2. The summed E-state index contributed by atoms with van der Waals surface area (Å²) in [4.78, 5) is 31.5. The molecule has 1 aliphatic heterocycles. The van der Waals surface area contributed by atoms with Crippen LogP contribution in [0.1, 0.15) is 101 Å². The molecule has 2 heterocycles. The highest BCUT2D eigenvalue weighted by molar-refractivity contribution is 6.00. The SMILES string of the molecule is CCCCCCCCCCCC(=O)N(CC(=O)N1c2ccccc2-n2cccc2C1c1ccc(OC)cc1)C1CC1. The van der Waals surface area contributed by atoms with Crippen LogP contribution < -0.4 is 9.64 Å². The van der Waals surface area contributed by atoms with Crippen LogP contribution in [-0.2, 0) is 9.59 Å². The number of hydrogen-bond acceptors (Lipinski definition) is 3. The van der Waals surface area contributed by atoms with E-state index >= 15 is 0 Å². The summed E-state index contributed by atoms with van der Waals surface area (Å²) >= 11 is 0. The first-order valence-corrected chi connectivity index (χ1v) is 15.6. The summed E-state index contributed by atoms with van der Waals surface area (Å²) < 4.78 is 7.57. The highest BCUT2D eigenvalue weighted by atomic mass is 16.5. The van der Waals surface area contributed by atoms with Crippen molar-refractivity contribution in [2.45, 2.75) is 96.1 Å². The Morgan fingerprint density at radius 1 is 0.829 bits per heavy atom. The molecule has 1 aliphatic carbocycles. The Morgan fingerprint density at radius 3 is 2.15 bits per heavy atom. The fraction of sp³-hybridized carbons (Fsp3) is 0.486. The van der Waals surface area contributed by atoms with Crippen LogP contribution in [0.15, 0.2) is 66.9 Å². The van der Waals surface area contributed by atoms with Crippen molar-refractivity contribution in [2.24, 2.45) is 0 Å². The zero-order chi connectivity index (χ0) is 28.6. The van der Waals surface area contributed by atoms with Gasteiger partial charge in [0.05, 0.1) is 24.2 Å². The molecule has 0 radical (unpaired) electrons. The van der Waals surface area contributed by atoms with Crippen LogP contribution in [0.5, 0.6) is 5.75 Å². The number of para-hydroxylation sites is 2. The monoisotopic (exact) mass is 555 g/mol. The maximum absolute atomic E-state index is 14.3. The number of nitrogens with zero attached hydrogens (tertiary/aromatic N) is 3. The summed E-state index contributed by atoms with van der Waals surface area (Å²) in [5.74, 6) is 0.858. The third-order valence-corrected chi connectivity index (χ3v) is 8.53. The van der Waals surface area contributed by atoms with Gasteiger partial charge in [-0.2, -0.15) is 0 Å². The summed E-state index contributed by atoms with van der Waals surface area (Å²) in [5, 5.41) is 0. The highest BCUT2D eigenvalue weighted by Gasteiger charge is 2.39. The first kappa shape index (κ1) is 29.0. The van der Waals surface area contributed by atoms with Crippen LogP contribution in [-0.4, -0.2) is 41.0 Å².